The predicted molar refractivity (Wildman–Crippen MR) is 92.9 cm³/mol. The van der Waals surface area contributed by atoms with Crippen LogP contribution in [0.25, 0.3) is 0 Å². The summed E-state index contributed by atoms with van der Waals surface area (Å²) < 4.78 is 0. The number of likely N-dealkylation sites (tertiary alicyclic amines) is 1. The van der Waals surface area contributed by atoms with E-state index in [1.807, 2.05) is 0 Å². The van der Waals surface area contributed by atoms with Crippen molar-refractivity contribution in [3.05, 3.63) is 22.2 Å². The smallest absolute Gasteiger partial charge is 0.321 e. The van der Waals surface area contributed by atoms with Crippen LogP contribution in [0.2, 0.25) is 10.0 Å². The number of nitrogens with one attached hydrogen (secondary N) is 2. The number of carbonyl (C=O) groups is 2. The highest BCUT2D eigenvalue weighted by molar-refractivity contribution is 6.39. The first-order chi connectivity index (χ1) is 10.9. The molecule has 8 heteroatoms. The normalized spacial score (nSPS) is 15.3. The molecule has 1 saturated heterocycles. The Morgan fingerprint density at radius 2 is 1.83 bits per heavy atom. The van der Waals surface area contributed by atoms with Crippen molar-refractivity contribution in [2.45, 2.75) is 19.3 Å². The fourth-order valence-corrected chi connectivity index (χ4v) is 3.05. The first-order valence-corrected chi connectivity index (χ1v) is 8.17. The minimum absolute atomic E-state index is 0.0408. The lowest BCUT2D eigenvalue weighted by Gasteiger charge is -2.31. The number of nitrogens with zero attached hydrogens (tertiary/aromatic N) is 1. The van der Waals surface area contributed by atoms with Crippen molar-refractivity contribution in [2.24, 2.45) is 5.92 Å². The quantitative estimate of drug-likeness (QED) is 0.725. The number of benzene rings is 1. The molecule has 1 aromatic rings. The molecular weight excluding hydrogens is 339 g/mol. The van der Waals surface area contributed by atoms with Gasteiger partial charge in [-0.2, -0.15) is 0 Å². The number of rotatable bonds is 3. The van der Waals surface area contributed by atoms with Crippen molar-refractivity contribution in [3.8, 4) is 0 Å². The van der Waals surface area contributed by atoms with Crippen LogP contribution in [0.15, 0.2) is 12.1 Å². The molecule has 1 heterocycles. The molecule has 0 bridgehead atoms. The topological polar surface area (TPSA) is 87.5 Å². The van der Waals surface area contributed by atoms with E-state index in [1.165, 1.54) is 0 Å². The molecule has 6 nitrogen and oxygen atoms in total. The molecule has 2 rings (SSSR count). The van der Waals surface area contributed by atoms with E-state index >= 15 is 0 Å². The number of anilines is 2. The maximum atomic E-state index is 12.3. The molecule has 0 saturated carbocycles. The van der Waals surface area contributed by atoms with E-state index in [9.17, 15) is 9.59 Å². The lowest BCUT2D eigenvalue weighted by atomic mass is 9.93. The zero-order valence-corrected chi connectivity index (χ0v) is 14.4. The number of urea groups is 1. The molecule has 1 aliphatic heterocycles. The maximum Gasteiger partial charge on any atom is 0.321 e. The minimum Gasteiger partial charge on any atom is -0.396 e. The van der Waals surface area contributed by atoms with Crippen LogP contribution >= 0.6 is 23.2 Å². The Balaban J connectivity index is 1.89. The maximum absolute atomic E-state index is 12.3. The number of amides is 3. The highest BCUT2D eigenvalue weighted by Gasteiger charge is 2.24. The summed E-state index contributed by atoms with van der Waals surface area (Å²) in [5.41, 5.74) is 6.47. The van der Waals surface area contributed by atoms with Crippen molar-refractivity contribution >= 4 is 46.5 Å². The number of hydrogen-bond acceptors (Lipinski definition) is 3. The van der Waals surface area contributed by atoms with Gasteiger partial charge in [-0.3, -0.25) is 4.79 Å². The fraction of sp³-hybridized carbons (Fsp3) is 0.467. The van der Waals surface area contributed by atoms with Crippen LogP contribution in [0.5, 0.6) is 0 Å². The van der Waals surface area contributed by atoms with E-state index in [0.717, 1.165) is 12.8 Å². The molecule has 1 aromatic carbocycles. The molecule has 0 spiro atoms. The summed E-state index contributed by atoms with van der Waals surface area (Å²) in [6, 6.07) is 2.93. The predicted octanol–water partition coefficient (Wildman–Crippen LogP) is 2.96. The average Bonchev–Trinajstić information content (AvgIpc) is 2.53. The number of nitrogens with two attached hydrogens (primary N) is 1. The molecule has 1 aliphatic rings. The second-order valence-electron chi connectivity index (χ2n) is 5.59. The van der Waals surface area contributed by atoms with Crippen molar-refractivity contribution < 1.29 is 9.59 Å². The largest absolute Gasteiger partial charge is 0.396 e. The van der Waals surface area contributed by atoms with Gasteiger partial charge in [0.1, 0.15) is 0 Å². The Hall–Kier alpha value is -1.66. The Morgan fingerprint density at radius 1 is 1.26 bits per heavy atom. The molecule has 0 radical (unpaired) electrons. The van der Waals surface area contributed by atoms with Gasteiger partial charge in [0.2, 0.25) is 5.91 Å². The Bertz CT molecular complexity index is 578. The summed E-state index contributed by atoms with van der Waals surface area (Å²) in [7, 11) is 1.63. The molecule has 0 unspecified atom stereocenters. The Morgan fingerprint density at radius 3 is 2.35 bits per heavy atom. The Kier molecular flexibility index (Phi) is 5.96. The first-order valence-electron chi connectivity index (χ1n) is 7.41. The SMILES string of the molecule is CNC(=O)CC1CCN(C(=O)Nc2cc(Cl)c(N)c(Cl)c2)CC1. The Labute approximate surface area is 145 Å². The molecule has 23 heavy (non-hydrogen) atoms. The van der Waals surface area contributed by atoms with Gasteiger partial charge < -0.3 is 21.3 Å². The van der Waals surface area contributed by atoms with Gasteiger partial charge in [-0.25, -0.2) is 4.79 Å². The molecule has 0 aliphatic carbocycles. The first kappa shape index (κ1) is 17.7. The molecular formula is C15H20Cl2N4O2. The molecule has 1 fully saturated rings. The third-order valence-electron chi connectivity index (χ3n) is 3.98. The van der Waals surface area contributed by atoms with Crippen LogP contribution < -0.4 is 16.4 Å². The summed E-state index contributed by atoms with van der Waals surface area (Å²) in [5, 5.41) is 6.00. The monoisotopic (exact) mass is 358 g/mol. The van der Waals surface area contributed by atoms with Gasteiger partial charge in [0, 0.05) is 32.2 Å². The zero-order valence-electron chi connectivity index (χ0n) is 12.9. The van der Waals surface area contributed by atoms with E-state index in [2.05, 4.69) is 10.6 Å². The van der Waals surface area contributed by atoms with Crippen molar-refractivity contribution in [1.82, 2.24) is 10.2 Å². The van der Waals surface area contributed by atoms with Crippen molar-refractivity contribution in [3.63, 3.8) is 0 Å². The van der Waals surface area contributed by atoms with Crippen LogP contribution in [0, 0.1) is 5.92 Å². The van der Waals surface area contributed by atoms with E-state index in [-0.39, 0.29) is 11.9 Å². The van der Waals surface area contributed by atoms with E-state index in [0.29, 0.717) is 46.8 Å². The number of nitrogen functional groups attached to an aromatic ring is 1. The number of carbonyl (C=O) groups excluding carboxylic acids is 2. The van der Waals surface area contributed by atoms with Gasteiger partial charge in [0.15, 0.2) is 0 Å². The lowest BCUT2D eigenvalue weighted by Crippen LogP contribution is -2.41. The van der Waals surface area contributed by atoms with Gasteiger partial charge in [-0.1, -0.05) is 23.2 Å². The van der Waals surface area contributed by atoms with Crippen LogP contribution in [-0.4, -0.2) is 37.0 Å². The summed E-state index contributed by atoms with van der Waals surface area (Å²) in [6.07, 6.45) is 2.13. The van der Waals surface area contributed by atoms with Gasteiger partial charge in [0.25, 0.3) is 0 Å². The number of hydrogen-bond donors (Lipinski definition) is 3. The van der Waals surface area contributed by atoms with E-state index in [4.69, 9.17) is 28.9 Å². The third-order valence-corrected chi connectivity index (χ3v) is 4.61. The average molecular weight is 359 g/mol. The zero-order chi connectivity index (χ0) is 17.0. The van der Waals surface area contributed by atoms with Crippen LogP contribution in [0.1, 0.15) is 19.3 Å². The highest BCUT2D eigenvalue weighted by Crippen LogP contribution is 2.31. The molecule has 0 atom stereocenters. The van der Waals surface area contributed by atoms with Crippen molar-refractivity contribution in [1.29, 1.82) is 0 Å². The lowest BCUT2D eigenvalue weighted by molar-refractivity contribution is -0.121. The van der Waals surface area contributed by atoms with Gasteiger partial charge in [-0.05, 0) is 30.9 Å². The van der Waals surface area contributed by atoms with E-state index < -0.39 is 0 Å². The van der Waals surface area contributed by atoms with Gasteiger partial charge >= 0.3 is 6.03 Å². The van der Waals surface area contributed by atoms with Crippen LogP contribution in [0.3, 0.4) is 0 Å². The standard InChI is InChI=1S/C15H20Cl2N4O2/c1-19-13(22)6-9-2-4-21(5-3-9)15(23)20-10-7-11(16)14(18)12(17)8-10/h7-9H,2-6,18H2,1H3,(H,19,22)(H,20,23). The summed E-state index contributed by atoms with van der Waals surface area (Å²) in [4.78, 5) is 25.4. The van der Waals surface area contributed by atoms with Gasteiger partial charge in [-0.15, -0.1) is 0 Å². The van der Waals surface area contributed by atoms with Crippen molar-refractivity contribution in [2.75, 3.05) is 31.2 Å². The van der Waals surface area contributed by atoms with E-state index in [1.54, 1.807) is 24.1 Å². The minimum atomic E-state index is -0.208. The van der Waals surface area contributed by atoms with Crippen LogP contribution in [-0.2, 0) is 4.79 Å². The third kappa shape index (κ3) is 4.65. The highest BCUT2D eigenvalue weighted by atomic mass is 35.5. The molecule has 3 amide bonds. The summed E-state index contributed by atoms with van der Waals surface area (Å²) in [6.45, 7) is 1.23. The number of piperidine rings is 1. The second kappa shape index (κ2) is 7.75. The summed E-state index contributed by atoms with van der Waals surface area (Å²) in [5.74, 6) is 0.360. The molecule has 0 aromatic heterocycles. The fourth-order valence-electron chi connectivity index (χ4n) is 2.56. The number of halogens is 2. The molecule has 4 N–H and O–H groups in total. The van der Waals surface area contributed by atoms with Gasteiger partial charge in [0.05, 0.1) is 15.7 Å². The molecule has 126 valence electrons. The van der Waals surface area contributed by atoms with Crippen LogP contribution in [0.4, 0.5) is 16.2 Å². The second-order valence-corrected chi connectivity index (χ2v) is 6.41. The summed E-state index contributed by atoms with van der Waals surface area (Å²) >= 11 is 11.9.